The Morgan fingerprint density at radius 1 is 1.29 bits per heavy atom. The molecule has 4 heterocycles. The zero-order valence-electron chi connectivity index (χ0n) is 19.8. The van der Waals surface area contributed by atoms with Crippen LogP contribution in [0.3, 0.4) is 0 Å². The fraction of sp³-hybridized carbons (Fsp3) is 0.478. The molecule has 2 aliphatic heterocycles. The molecule has 35 heavy (non-hydrogen) atoms. The van der Waals surface area contributed by atoms with Gasteiger partial charge in [-0.2, -0.15) is 0 Å². The fourth-order valence-electron chi connectivity index (χ4n) is 4.16. The maximum Gasteiger partial charge on any atom is 0.410 e. The molecule has 1 aromatic carbocycles. The number of aryl methyl sites for hydroxylation is 1. The highest BCUT2D eigenvalue weighted by molar-refractivity contribution is 9.10. The maximum atomic E-state index is 12.5. The summed E-state index contributed by atoms with van der Waals surface area (Å²) in [5, 5.41) is 0.758. The van der Waals surface area contributed by atoms with Crippen molar-refractivity contribution in [3.05, 3.63) is 22.9 Å². The van der Waals surface area contributed by atoms with Gasteiger partial charge in [-0.3, -0.25) is 0 Å². The van der Waals surface area contributed by atoms with E-state index in [4.69, 9.17) is 24.9 Å². The lowest BCUT2D eigenvalue weighted by Crippen LogP contribution is -2.35. The van der Waals surface area contributed by atoms with Crippen molar-refractivity contribution in [2.45, 2.75) is 55.8 Å². The van der Waals surface area contributed by atoms with Crippen molar-refractivity contribution in [1.82, 2.24) is 24.4 Å². The third kappa shape index (κ3) is 5.13. The number of hydrogen-bond donors (Lipinski definition) is 1. The Kier molecular flexibility index (Phi) is 6.43. The Labute approximate surface area is 215 Å². The number of amides is 1. The summed E-state index contributed by atoms with van der Waals surface area (Å²) < 4.78 is 19.5. The molecule has 1 fully saturated rings. The number of anilines is 1. The number of benzene rings is 1. The van der Waals surface area contributed by atoms with Crippen molar-refractivity contribution in [3.63, 3.8) is 0 Å². The Hall–Kier alpha value is -2.73. The van der Waals surface area contributed by atoms with Crippen LogP contribution in [0.4, 0.5) is 10.6 Å². The number of likely N-dealkylation sites (tertiary alicyclic amines) is 1. The van der Waals surface area contributed by atoms with Crippen molar-refractivity contribution < 1.29 is 19.0 Å². The molecule has 1 unspecified atom stereocenters. The predicted octanol–water partition coefficient (Wildman–Crippen LogP) is 4.70. The van der Waals surface area contributed by atoms with Gasteiger partial charge < -0.3 is 29.4 Å². The lowest BCUT2D eigenvalue weighted by Gasteiger charge is -2.24. The van der Waals surface area contributed by atoms with Crippen LogP contribution in [-0.2, 0) is 11.3 Å². The first kappa shape index (κ1) is 24.0. The molecule has 0 aliphatic carbocycles. The third-order valence-electron chi connectivity index (χ3n) is 5.85. The molecule has 0 bridgehead atoms. The molecular formula is C23H27BrN6O4S. The minimum Gasteiger partial charge on any atom is -0.454 e. The molecule has 5 rings (SSSR count). The number of ether oxygens (including phenoxy) is 3. The number of aromatic nitrogens is 4. The number of halogens is 1. The minimum absolute atomic E-state index is 0.211. The smallest absolute Gasteiger partial charge is 0.410 e. The van der Waals surface area contributed by atoms with Gasteiger partial charge in [-0.05, 0) is 67.6 Å². The summed E-state index contributed by atoms with van der Waals surface area (Å²) >= 11 is 5.13. The van der Waals surface area contributed by atoms with Gasteiger partial charge in [0.15, 0.2) is 33.6 Å². The summed E-state index contributed by atoms with van der Waals surface area (Å²) in [5.74, 6) is 2.11. The van der Waals surface area contributed by atoms with E-state index in [1.54, 1.807) is 4.90 Å². The van der Waals surface area contributed by atoms with Gasteiger partial charge >= 0.3 is 6.09 Å². The van der Waals surface area contributed by atoms with E-state index in [1.165, 1.54) is 18.1 Å². The number of fused-ring (bicyclic) bond motifs is 2. The number of hydrogen-bond acceptors (Lipinski definition) is 9. The molecule has 0 spiro atoms. The van der Waals surface area contributed by atoms with Crippen LogP contribution in [0.5, 0.6) is 11.5 Å². The van der Waals surface area contributed by atoms with Crippen molar-refractivity contribution >= 4 is 50.8 Å². The topological polar surface area (TPSA) is 118 Å². The molecule has 0 saturated carbocycles. The monoisotopic (exact) mass is 562 g/mol. The van der Waals surface area contributed by atoms with E-state index in [0.717, 1.165) is 27.4 Å². The van der Waals surface area contributed by atoms with Gasteiger partial charge in [0, 0.05) is 29.0 Å². The third-order valence-corrected chi connectivity index (χ3v) is 7.82. The first-order valence-corrected chi connectivity index (χ1v) is 13.0. The van der Waals surface area contributed by atoms with E-state index in [1.807, 2.05) is 32.9 Å². The normalized spacial score (nSPS) is 17.4. The zero-order chi connectivity index (χ0) is 24.7. The Morgan fingerprint density at radius 3 is 2.83 bits per heavy atom. The van der Waals surface area contributed by atoms with E-state index >= 15 is 0 Å². The summed E-state index contributed by atoms with van der Waals surface area (Å²) in [6.07, 6.45) is 3.00. The van der Waals surface area contributed by atoms with Crippen LogP contribution in [0.15, 0.2) is 33.0 Å². The number of carbonyl (C=O) groups is 1. The number of imidazole rings is 1. The van der Waals surface area contributed by atoms with E-state index in [2.05, 4.69) is 30.5 Å². The van der Waals surface area contributed by atoms with E-state index in [0.29, 0.717) is 54.0 Å². The second-order valence-electron chi connectivity index (χ2n) is 9.58. The molecule has 0 radical (unpaired) electrons. The van der Waals surface area contributed by atoms with Crippen LogP contribution < -0.4 is 15.2 Å². The molecule has 1 atom stereocenters. The molecule has 2 aromatic heterocycles. The Bertz CT molecular complexity index is 1280. The maximum absolute atomic E-state index is 12.5. The van der Waals surface area contributed by atoms with Gasteiger partial charge in [0.1, 0.15) is 11.9 Å². The van der Waals surface area contributed by atoms with E-state index in [-0.39, 0.29) is 12.9 Å². The number of nitrogens with zero attached hydrogens (tertiary/aromatic N) is 5. The highest BCUT2D eigenvalue weighted by atomic mass is 79.9. The lowest BCUT2D eigenvalue weighted by atomic mass is 10.1. The molecule has 12 heteroatoms. The van der Waals surface area contributed by atoms with Crippen LogP contribution >= 0.6 is 27.7 Å². The molecular weight excluding hydrogens is 536 g/mol. The molecule has 2 N–H and O–H groups in total. The Balaban J connectivity index is 1.35. The Morgan fingerprint density at radius 2 is 2.06 bits per heavy atom. The van der Waals surface area contributed by atoms with Gasteiger partial charge in [0.25, 0.3) is 0 Å². The number of nitrogens with two attached hydrogens (primary N) is 1. The average Bonchev–Trinajstić information content (AvgIpc) is 3.50. The second-order valence-corrected chi connectivity index (χ2v) is 11.4. The first-order valence-electron chi connectivity index (χ1n) is 11.4. The van der Waals surface area contributed by atoms with Gasteiger partial charge in [0.2, 0.25) is 6.79 Å². The average molecular weight is 563 g/mol. The van der Waals surface area contributed by atoms with Gasteiger partial charge in [-0.1, -0.05) is 11.8 Å². The summed E-state index contributed by atoms with van der Waals surface area (Å²) in [7, 11) is 0. The summed E-state index contributed by atoms with van der Waals surface area (Å²) in [5.41, 5.74) is 6.89. The van der Waals surface area contributed by atoms with Crippen molar-refractivity contribution in [1.29, 1.82) is 0 Å². The molecule has 3 aromatic rings. The summed E-state index contributed by atoms with van der Waals surface area (Å²) in [4.78, 5) is 28.5. The van der Waals surface area contributed by atoms with Crippen LogP contribution in [0.25, 0.3) is 11.2 Å². The van der Waals surface area contributed by atoms with Crippen molar-refractivity contribution in [2.24, 2.45) is 5.92 Å². The molecule has 1 amide bonds. The SMILES string of the molecule is CC(C)(C)OC(=O)N1CCC(CCn2c(Sc3cc4c(cc3Br)OCO4)nc3c(N)ncnc32)C1. The molecule has 1 saturated heterocycles. The van der Waals surface area contributed by atoms with Gasteiger partial charge in [-0.15, -0.1) is 0 Å². The minimum atomic E-state index is -0.500. The van der Waals surface area contributed by atoms with Crippen molar-refractivity contribution in [3.8, 4) is 11.5 Å². The fourth-order valence-corrected chi connectivity index (χ4v) is 5.67. The highest BCUT2D eigenvalue weighted by Crippen LogP contribution is 2.43. The van der Waals surface area contributed by atoms with E-state index in [9.17, 15) is 4.79 Å². The second kappa shape index (κ2) is 9.38. The lowest BCUT2D eigenvalue weighted by molar-refractivity contribution is 0.0287. The van der Waals surface area contributed by atoms with Crippen LogP contribution in [0, 0.1) is 5.92 Å². The molecule has 10 nitrogen and oxygen atoms in total. The quantitative estimate of drug-likeness (QED) is 0.472. The van der Waals surface area contributed by atoms with Crippen LogP contribution in [0.2, 0.25) is 0 Å². The predicted molar refractivity (Wildman–Crippen MR) is 135 cm³/mol. The van der Waals surface area contributed by atoms with Gasteiger partial charge in [-0.25, -0.2) is 19.7 Å². The number of rotatable bonds is 5. The standard InChI is InChI=1S/C23H27BrN6O4S/c1-23(2,3)34-22(31)29-6-4-13(10-29)5-7-30-20-18(19(25)26-11-27-20)28-21(30)35-17-9-16-15(8-14(17)24)32-12-33-16/h8-9,11,13H,4-7,10,12H2,1-3H3,(H2,25,26,27). The van der Waals surface area contributed by atoms with E-state index < -0.39 is 5.60 Å². The zero-order valence-corrected chi connectivity index (χ0v) is 22.2. The summed E-state index contributed by atoms with van der Waals surface area (Å²) in [6.45, 7) is 7.92. The van der Waals surface area contributed by atoms with Gasteiger partial charge in [0.05, 0.1) is 0 Å². The van der Waals surface area contributed by atoms with Crippen LogP contribution in [-0.4, -0.2) is 56.0 Å². The summed E-state index contributed by atoms with van der Waals surface area (Å²) in [6, 6.07) is 3.83. The van der Waals surface area contributed by atoms with Crippen molar-refractivity contribution in [2.75, 3.05) is 25.6 Å². The molecule has 2 aliphatic rings. The number of carbonyl (C=O) groups excluding carboxylic acids is 1. The number of nitrogen functional groups attached to an aromatic ring is 1. The molecule has 186 valence electrons. The first-order chi connectivity index (χ1) is 16.7. The largest absolute Gasteiger partial charge is 0.454 e. The highest BCUT2D eigenvalue weighted by Gasteiger charge is 2.30. The van der Waals surface area contributed by atoms with Crippen LogP contribution in [0.1, 0.15) is 33.6 Å².